The van der Waals surface area contributed by atoms with Crippen molar-refractivity contribution >= 4 is 11.5 Å². The van der Waals surface area contributed by atoms with Crippen LogP contribution in [-0.2, 0) is 7.05 Å². The highest BCUT2D eigenvalue weighted by molar-refractivity contribution is 5.55. The predicted octanol–water partition coefficient (Wildman–Crippen LogP) is 0.868. The van der Waals surface area contributed by atoms with Crippen LogP contribution in [0.3, 0.4) is 0 Å². The molecule has 1 aromatic rings. The smallest absolute Gasteiger partial charge is 0.330 e. The van der Waals surface area contributed by atoms with Gasteiger partial charge in [-0.1, -0.05) is 6.42 Å². The molecule has 7 heteroatoms. The van der Waals surface area contributed by atoms with Gasteiger partial charge in [-0.15, -0.1) is 5.10 Å². The minimum atomic E-state index is -0.415. The van der Waals surface area contributed by atoms with Gasteiger partial charge in [-0.25, -0.2) is 0 Å². The Morgan fingerprint density at radius 2 is 2.47 bits per heavy atom. The highest BCUT2D eigenvalue weighted by Gasteiger charge is 2.29. The zero-order chi connectivity index (χ0) is 12.4. The van der Waals surface area contributed by atoms with E-state index in [0.717, 1.165) is 19.3 Å². The summed E-state index contributed by atoms with van der Waals surface area (Å²) in [5.74, 6) is 0.736. The second-order valence-corrected chi connectivity index (χ2v) is 4.47. The predicted molar refractivity (Wildman–Crippen MR) is 63.7 cm³/mol. The molecule has 0 spiro atoms. The van der Waals surface area contributed by atoms with Crippen molar-refractivity contribution in [2.75, 3.05) is 11.9 Å². The second kappa shape index (κ2) is 4.70. The molecule has 7 nitrogen and oxygen atoms in total. The zero-order valence-corrected chi connectivity index (χ0v) is 9.80. The third kappa shape index (κ3) is 2.38. The van der Waals surface area contributed by atoms with Crippen LogP contribution in [-0.4, -0.2) is 27.3 Å². The van der Waals surface area contributed by atoms with Crippen molar-refractivity contribution in [1.82, 2.24) is 9.78 Å². The zero-order valence-electron chi connectivity index (χ0n) is 9.80. The summed E-state index contributed by atoms with van der Waals surface area (Å²) in [6, 6.07) is 0.202. The lowest BCUT2D eigenvalue weighted by Gasteiger charge is -2.18. The molecule has 1 saturated carbocycles. The van der Waals surface area contributed by atoms with Crippen LogP contribution < -0.4 is 11.1 Å². The third-order valence-corrected chi connectivity index (χ3v) is 3.29. The van der Waals surface area contributed by atoms with E-state index < -0.39 is 4.92 Å². The molecular formula is C10H17N5O2. The van der Waals surface area contributed by atoms with E-state index >= 15 is 0 Å². The number of aryl methyl sites for hydroxylation is 1. The number of rotatable bonds is 4. The number of aromatic nitrogens is 2. The summed E-state index contributed by atoms with van der Waals surface area (Å²) >= 11 is 0. The van der Waals surface area contributed by atoms with Crippen LogP contribution in [0.15, 0.2) is 6.20 Å². The van der Waals surface area contributed by atoms with E-state index in [1.165, 1.54) is 10.9 Å². The van der Waals surface area contributed by atoms with E-state index in [9.17, 15) is 10.1 Å². The first-order valence-electron chi connectivity index (χ1n) is 5.76. The fraction of sp³-hybridized carbons (Fsp3) is 0.700. The van der Waals surface area contributed by atoms with Crippen LogP contribution in [0.2, 0.25) is 0 Å². The van der Waals surface area contributed by atoms with Gasteiger partial charge in [0.05, 0.1) is 4.92 Å². The average Bonchev–Trinajstić information content (AvgIpc) is 2.85. The summed E-state index contributed by atoms with van der Waals surface area (Å²) in [4.78, 5) is 10.4. The molecule has 1 aromatic heterocycles. The fourth-order valence-electron chi connectivity index (χ4n) is 2.40. The molecule has 1 aliphatic carbocycles. The molecular weight excluding hydrogens is 222 g/mol. The summed E-state index contributed by atoms with van der Waals surface area (Å²) in [6.45, 7) is 0.609. The molecule has 0 saturated heterocycles. The van der Waals surface area contributed by atoms with Crippen LogP contribution in [0.25, 0.3) is 0 Å². The summed E-state index contributed by atoms with van der Waals surface area (Å²) < 4.78 is 1.45. The van der Waals surface area contributed by atoms with E-state index in [1.54, 1.807) is 7.05 Å². The molecule has 17 heavy (non-hydrogen) atoms. The molecule has 1 aliphatic rings. The van der Waals surface area contributed by atoms with Gasteiger partial charge in [0.25, 0.3) is 0 Å². The van der Waals surface area contributed by atoms with Crippen LogP contribution in [0.5, 0.6) is 0 Å². The molecule has 0 amide bonds. The van der Waals surface area contributed by atoms with Gasteiger partial charge in [-0.05, 0) is 25.3 Å². The molecule has 0 aromatic carbocycles. The van der Waals surface area contributed by atoms with Gasteiger partial charge in [0.15, 0.2) is 0 Å². The quantitative estimate of drug-likeness (QED) is 0.600. The topological polar surface area (TPSA) is 99.0 Å². The van der Waals surface area contributed by atoms with Gasteiger partial charge in [0.2, 0.25) is 5.82 Å². The number of nitrogens with one attached hydrogen (secondary N) is 1. The van der Waals surface area contributed by atoms with Crippen molar-refractivity contribution in [2.45, 2.75) is 25.3 Å². The van der Waals surface area contributed by atoms with E-state index in [1.807, 2.05) is 0 Å². The van der Waals surface area contributed by atoms with Crippen molar-refractivity contribution in [1.29, 1.82) is 0 Å². The maximum atomic E-state index is 10.8. The molecule has 1 heterocycles. The standard InChI is InChI=1S/C10H17N5O2/c1-14-6-9(15(16)17)10(13-14)12-8-4-2-3-7(8)5-11/h6-8H,2-5,11H2,1H3,(H,12,13). The van der Waals surface area contributed by atoms with Gasteiger partial charge in [-0.2, -0.15) is 0 Å². The second-order valence-electron chi connectivity index (χ2n) is 4.47. The van der Waals surface area contributed by atoms with Gasteiger partial charge in [-0.3, -0.25) is 14.8 Å². The number of nitro groups is 1. The Labute approximate surface area is 99.1 Å². The van der Waals surface area contributed by atoms with Crippen molar-refractivity contribution < 1.29 is 4.92 Å². The largest absolute Gasteiger partial charge is 0.360 e. The molecule has 94 valence electrons. The molecule has 0 aliphatic heterocycles. The maximum absolute atomic E-state index is 10.8. The minimum absolute atomic E-state index is 0.0233. The van der Waals surface area contributed by atoms with E-state index in [4.69, 9.17) is 5.73 Å². The highest BCUT2D eigenvalue weighted by atomic mass is 16.6. The number of hydrogen-bond acceptors (Lipinski definition) is 5. The van der Waals surface area contributed by atoms with E-state index in [2.05, 4.69) is 10.4 Å². The first-order valence-corrected chi connectivity index (χ1v) is 5.76. The molecule has 3 N–H and O–H groups in total. The Bertz CT molecular complexity index is 417. The van der Waals surface area contributed by atoms with Crippen LogP contribution in [0, 0.1) is 16.0 Å². The number of anilines is 1. The van der Waals surface area contributed by atoms with Crippen molar-refractivity contribution in [3.63, 3.8) is 0 Å². The Balaban J connectivity index is 2.15. The molecule has 2 atom stereocenters. The van der Waals surface area contributed by atoms with Gasteiger partial charge < -0.3 is 11.1 Å². The van der Waals surface area contributed by atoms with Crippen molar-refractivity contribution in [3.8, 4) is 0 Å². The fourth-order valence-corrected chi connectivity index (χ4v) is 2.40. The number of hydrogen-bond donors (Lipinski definition) is 2. The van der Waals surface area contributed by atoms with Gasteiger partial charge in [0, 0.05) is 13.1 Å². The molecule has 1 fully saturated rings. The maximum Gasteiger partial charge on any atom is 0.330 e. The van der Waals surface area contributed by atoms with E-state index in [-0.39, 0.29) is 11.7 Å². The SMILES string of the molecule is Cn1cc([N+](=O)[O-])c(NC2CCCC2CN)n1. The van der Waals surface area contributed by atoms with Crippen molar-refractivity contribution in [3.05, 3.63) is 16.3 Å². The van der Waals surface area contributed by atoms with Crippen LogP contribution in [0.4, 0.5) is 11.5 Å². The van der Waals surface area contributed by atoms with Crippen molar-refractivity contribution in [2.24, 2.45) is 18.7 Å². The molecule has 0 bridgehead atoms. The minimum Gasteiger partial charge on any atom is -0.360 e. The first-order chi connectivity index (χ1) is 8.11. The lowest BCUT2D eigenvalue weighted by molar-refractivity contribution is -0.384. The Morgan fingerprint density at radius 1 is 1.71 bits per heavy atom. The van der Waals surface area contributed by atoms with Gasteiger partial charge >= 0.3 is 5.69 Å². The van der Waals surface area contributed by atoms with Crippen LogP contribution >= 0.6 is 0 Å². The Kier molecular flexibility index (Phi) is 3.28. The summed E-state index contributed by atoms with van der Waals surface area (Å²) in [6.07, 6.45) is 4.60. The average molecular weight is 239 g/mol. The molecule has 2 rings (SSSR count). The highest BCUT2D eigenvalue weighted by Crippen LogP contribution is 2.30. The Hall–Kier alpha value is -1.63. The monoisotopic (exact) mass is 239 g/mol. The molecule has 2 unspecified atom stereocenters. The lowest BCUT2D eigenvalue weighted by atomic mass is 10.0. The molecule has 0 radical (unpaired) electrons. The summed E-state index contributed by atoms with van der Waals surface area (Å²) in [5, 5.41) is 18.1. The van der Waals surface area contributed by atoms with Crippen LogP contribution in [0.1, 0.15) is 19.3 Å². The lowest BCUT2D eigenvalue weighted by Crippen LogP contribution is -2.29. The Morgan fingerprint density at radius 3 is 3.12 bits per heavy atom. The normalized spacial score (nSPS) is 23.9. The summed E-state index contributed by atoms with van der Waals surface area (Å²) in [7, 11) is 1.67. The third-order valence-electron chi connectivity index (χ3n) is 3.29. The number of nitrogens with two attached hydrogens (primary N) is 1. The summed E-state index contributed by atoms with van der Waals surface area (Å²) in [5.41, 5.74) is 5.70. The first kappa shape index (κ1) is 11.8. The van der Waals surface area contributed by atoms with E-state index in [0.29, 0.717) is 18.3 Å². The number of nitrogens with zero attached hydrogens (tertiary/aromatic N) is 3. The van der Waals surface area contributed by atoms with Gasteiger partial charge in [0.1, 0.15) is 6.20 Å².